The summed E-state index contributed by atoms with van der Waals surface area (Å²) in [5.41, 5.74) is 3.09. The molecule has 0 spiro atoms. The minimum Gasteiger partial charge on any atom is -0.377 e. The molecule has 1 amide bonds. The van der Waals surface area contributed by atoms with Gasteiger partial charge in [0.15, 0.2) is 0 Å². The average molecular weight is 386 g/mol. The average Bonchev–Trinajstić information content (AvgIpc) is 3.37. The lowest BCUT2D eigenvalue weighted by molar-refractivity contribution is -0.122. The van der Waals surface area contributed by atoms with Gasteiger partial charge in [0.1, 0.15) is 0 Å². The Labute approximate surface area is 169 Å². The number of ether oxygens (including phenoxy) is 1. The predicted molar refractivity (Wildman–Crippen MR) is 111 cm³/mol. The van der Waals surface area contributed by atoms with Gasteiger partial charge in [0.05, 0.1) is 12.6 Å². The second-order valence-corrected chi connectivity index (χ2v) is 8.81. The quantitative estimate of drug-likeness (QED) is 0.781. The van der Waals surface area contributed by atoms with Crippen molar-refractivity contribution in [3.05, 3.63) is 35.4 Å². The lowest BCUT2D eigenvalue weighted by Gasteiger charge is -2.38. The Kier molecular flexibility index (Phi) is 6.65. The molecule has 154 valence electrons. The minimum absolute atomic E-state index is 0.110. The molecule has 28 heavy (non-hydrogen) atoms. The van der Waals surface area contributed by atoms with Crippen molar-refractivity contribution >= 4 is 5.91 Å². The molecule has 1 aliphatic carbocycles. The number of carbonyl (C=O) groups excluding carboxylic acids is 1. The van der Waals surface area contributed by atoms with E-state index in [0.29, 0.717) is 24.6 Å². The van der Waals surface area contributed by atoms with Crippen molar-refractivity contribution in [3.8, 4) is 0 Å². The van der Waals surface area contributed by atoms with Crippen molar-refractivity contribution in [3.63, 3.8) is 0 Å². The van der Waals surface area contributed by atoms with Crippen molar-refractivity contribution in [2.45, 2.75) is 50.7 Å². The molecular formula is C23H35N3O2. The summed E-state index contributed by atoms with van der Waals surface area (Å²) >= 11 is 0. The van der Waals surface area contributed by atoms with Gasteiger partial charge in [-0.05, 0) is 68.7 Å². The number of likely N-dealkylation sites (tertiary alicyclic amines) is 1. The van der Waals surface area contributed by atoms with Gasteiger partial charge in [-0.25, -0.2) is 0 Å². The fourth-order valence-corrected chi connectivity index (χ4v) is 5.22. The Morgan fingerprint density at radius 3 is 2.46 bits per heavy atom. The van der Waals surface area contributed by atoms with Crippen molar-refractivity contribution in [2.24, 2.45) is 5.92 Å². The molecule has 5 nitrogen and oxygen atoms in total. The Hall–Kier alpha value is -1.43. The van der Waals surface area contributed by atoms with Gasteiger partial charge in [0, 0.05) is 32.8 Å². The van der Waals surface area contributed by atoms with Gasteiger partial charge in [-0.15, -0.1) is 0 Å². The van der Waals surface area contributed by atoms with Crippen molar-refractivity contribution in [2.75, 3.05) is 46.4 Å². The van der Waals surface area contributed by atoms with Crippen LogP contribution in [0.25, 0.3) is 0 Å². The van der Waals surface area contributed by atoms with Crippen LogP contribution >= 0.6 is 0 Å². The van der Waals surface area contributed by atoms with Crippen LogP contribution in [0.1, 0.15) is 36.8 Å². The van der Waals surface area contributed by atoms with E-state index < -0.39 is 0 Å². The molecule has 1 aromatic rings. The molecule has 5 heteroatoms. The number of piperidine rings is 1. The molecular weight excluding hydrogens is 350 g/mol. The van der Waals surface area contributed by atoms with Crippen molar-refractivity contribution in [1.29, 1.82) is 0 Å². The number of fused-ring (bicyclic) bond motifs is 1. The number of hydrogen-bond donors (Lipinski definition) is 1. The smallest absolute Gasteiger partial charge is 0.233 e. The number of nitrogens with zero attached hydrogens (tertiary/aromatic N) is 2. The third-order valence-electron chi connectivity index (χ3n) is 6.84. The lowest BCUT2D eigenvalue weighted by Crippen LogP contribution is -2.46. The molecule has 0 bridgehead atoms. The lowest BCUT2D eigenvalue weighted by atomic mass is 9.94. The highest BCUT2D eigenvalue weighted by molar-refractivity contribution is 5.77. The van der Waals surface area contributed by atoms with Gasteiger partial charge < -0.3 is 10.1 Å². The SMILES string of the molecule is CNC(=O)CN(CC1CCN(C2Cc3ccccc3C2)CC1)CC1CCCO1. The summed E-state index contributed by atoms with van der Waals surface area (Å²) in [7, 11) is 1.73. The van der Waals surface area contributed by atoms with Crippen LogP contribution in [-0.4, -0.2) is 74.2 Å². The van der Waals surface area contributed by atoms with Crippen LogP contribution in [0.3, 0.4) is 0 Å². The molecule has 0 aromatic heterocycles. The first-order valence-corrected chi connectivity index (χ1v) is 11.1. The zero-order valence-electron chi connectivity index (χ0n) is 17.2. The number of benzene rings is 1. The van der Waals surface area contributed by atoms with Crippen LogP contribution in [-0.2, 0) is 22.4 Å². The molecule has 1 N–H and O–H groups in total. The fourth-order valence-electron chi connectivity index (χ4n) is 5.22. The second kappa shape index (κ2) is 9.38. The molecule has 1 aromatic carbocycles. The third kappa shape index (κ3) is 4.94. The van der Waals surface area contributed by atoms with Gasteiger partial charge in [-0.1, -0.05) is 24.3 Å². The van der Waals surface area contributed by atoms with Gasteiger partial charge in [0.25, 0.3) is 0 Å². The first kappa shape index (κ1) is 19.9. The van der Waals surface area contributed by atoms with Crippen LogP contribution < -0.4 is 5.32 Å². The Morgan fingerprint density at radius 2 is 1.86 bits per heavy atom. The van der Waals surface area contributed by atoms with Crippen LogP contribution in [0.15, 0.2) is 24.3 Å². The van der Waals surface area contributed by atoms with E-state index in [1.54, 1.807) is 18.2 Å². The van der Waals surface area contributed by atoms with Crippen molar-refractivity contribution < 1.29 is 9.53 Å². The van der Waals surface area contributed by atoms with Crippen LogP contribution in [0.2, 0.25) is 0 Å². The molecule has 0 saturated carbocycles. The standard InChI is InChI=1S/C23H35N3O2/c1-24-23(27)17-25(16-22-7-4-12-28-22)15-18-8-10-26(11-9-18)21-13-19-5-2-3-6-20(19)14-21/h2-3,5-6,18,21-22H,4,7-17H2,1H3,(H,24,27). The number of rotatable bonds is 7. The monoisotopic (exact) mass is 385 g/mol. The molecule has 1 atom stereocenters. The Morgan fingerprint density at radius 1 is 1.14 bits per heavy atom. The minimum atomic E-state index is 0.110. The maximum absolute atomic E-state index is 12.0. The highest BCUT2D eigenvalue weighted by atomic mass is 16.5. The van der Waals surface area contributed by atoms with E-state index in [1.807, 2.05) is 0 Å². The number of hydrogen-bond acceptors (Lipinski definition) is 4. The zero-order valence-corrected chi connectivity index (χ0v) is 17.2. The highest BCUT2D eigenvalue weighted by Crippen LogP contribution is 2.29. The predicted octanol–water partition coefficient (Wildman–Crippen LogP) is 2.09. The summed E-state index contributed by atoms with van der Waals surface area (Å²) in [5.74, 6) is 0.797. The Bertz CT molecular complexity index is 626. The van der Waals surface area contributed by atoms with Crippen LogP contribution in [0, 0.1) is 5.92 Å². The van der Waals surface area contributed by atoms with Crippen LogP contribution in [0.4, 0.5) is 0 Å². The Balaban J connectivity index is 1.26. The molecule has 2 saturated heterocycles. The van der Waals surface area contributed by atoms with E-state index in [4.69, 9.17) is 4.74 Å². The van der Waals surface area contributed by atoms with Gasteiger partial charge in [0.2, 0.25) is 5.91 Å². The number of likely N-dealkylation sites (N-methyl/N-ethyl adjacent to an activating group) is 1. The number of carbonyl (C=O) groups is 1. The second-order valence-electron chi connectivity index (χ2n) is 8.81. The largest absolute Gasteiger partial charge is 0.377 e. The fraction of sp³-hybridized carbons (Fsp3) is 0.696. The summed E-state index contributed by atoms with van der Waals surface area (Å²) in [6.45, 7) is 5.67. The number of nitrogens with one attached hydrogen (secondary N) is 1. The highest BCUT2D eigenvalue weighted by Gasteiger charge is 2.31. The molecule has 4 rings (SSSR count). The van der Waals surface area contributed by atoms with E-state index in [-0.39, 0.29) is 5.91 Å². The number of amides is 1. The van der Waals surface area contributed by atoms with Gasteiger partial charge in [-0.3, -0.25) is 14.6 Å². The normalized spacial score (nSPS) is 24.0. The topological polar surface area (TPSA) is 44.8 Å². The van der Waals surface area contributed by atoms with E-state index in [0.717, 1.165) is 32.5 Å². The summed E-state index contributed by atoms with van der Waals surface area (Å²) in [6, 6.07) is 9.62. The first-order chi connectivity index (χ1) is 13.7. The maximum atomic E-state index is 12.0. The maximum Gasteiger partial charge on any atom is 0.233 e. The van der Waals surface area contributed by atoms with E-state index in [2.05, 4.69) is 39.4 Å². The summed E-state index contributed by atoms with van der Waals surface area (Å²) in [6.07, 6.45) is 7.49. The van der Waals surface area contributed by atoms with Crippen molar-refractivity contribution in [1.82, 2.24) is 15.1 Å². The molecule has 2 heterocycles. The summed E-state index contributed by atoms with van der Waals surface area (Å²) in [4.78, 5) is 17.0. The van der Waals surface area contributed by atoms with E-state index >= 15 is 0 Å². The first-order valence-electron chi connectivity index (χ1n) is 11.1. The summed E-state index contributed by atoms with van der Waals surface area (Å²) in [5, 5.41) is 2.78. The molecule has 0 radical (unpaired) electrons. The molecule has 2 aliphatic heterocycles. The van der Waals surface area contributed by atoms with E-state index in [1.165, 1.54) is 38.8 Å². The van der Waals surface area contributed by atoms with Gasteiger partial charge >= 0.3 is 0 Å². The van der Waals surface area contributed by atoms with Gasteiger partial charge in [-0.2, -0.15) is 0 Å². The molecule has 2 fully saturated rings. The summed E-state index contributed by atoms with van der Waals surface area (Å²) < 4.78 is 5.82. The van der Waals surface area contributed by atoms with E-state index in [9.17, 15) is 4.79 Å². The van der Waals surface area contributed by atoms with Crippen LogP contribution in [0.5, 0.6) is 0 Å². The third-order valence-corrected chi connectivity index (χ3v) is 6.84. The zero-order chi connectivity index (χ0) is 19.3. The molecule has 1 unspecified atom stereocenters. The molecule has 3 aliphatic rings.